The van der Waals surface area contributed by atoms with Gasteiger partial charge in [-0.1, -0.05) is 12.1 Å². The highest BCUT2D eigenvalue weighted by molar-refractivity contribution is 8.00. The van der Waals surface area contributed by atoms with E-state index < -0.39 is 0 Å². The van der Waals surface area contributed by atoms with Crippen molar-refractivity contribution in [3.05, 3.63) is 24.4 Å². The highest BCUT2D eigenvalue weighted by Gasteiger charge is 2.15. The van der Waals surface area contributed by atoms with Gasteiger partial charge in [-0.05, 0) is 32.0 Å². The summed E-state index contributed by atoms with van der Waals surface area (Å²) in [5.74, 6) is 0.561. The van der Waals surface area contributed by atoms with E-state index in [1.54, 1.807) is 18.0 Å². The Kier molecular flexibility index (Phi) is 4.22. The van der Waals surface area contributed by atoms with Gasteiger partial charge in [-0.25, -0.2) is 0 Å². The Morgan fingerprint density at radius 1 is 1.40 bits per heavy atom. The summed E-state index contributed by atoms with van der Waals surface area (Å²) >= 11 is 1.75. The van der Waals surface area contributed by atoms with E-state index in [1.807, 2.05) is 18.2 Å². The third kappa shape index (κ3) is 3.13. The van der Waals surface area contributed by atoms with Crippen molar-refractivity contribution < 1.29 is 4.79 Å². The van der Waals surface area contributed by atoms with Crippen molar-refractivity contribution in [1.82, 2.24) is 15.5 Å². The van der Waals surface area contributed by atoms with Crippen LogP contribution in [0.2, 0.25) is 0 Å². The van der Waals surface area contributed by atoms with Crippen LogP contribution in [0.15, 0.2) is 24.4 Å². The largest absolute Gasteiger partial charge is 0.323 e. The van der Waals surface area contributed by atoms with E-state index in [4.69, 9.17) is 0 Å². The van der Waals surface area contributed by atoms with Crippen LogP contribution in [0, 0.1) is 0 Å². The van der Waals surface area contributed by atoms with Crippen molar-refractivity contribution in [2.24, 2.45) is 0 Å². The number of carbonyl (C=O) groups is 1. The van der Waals surface area contributed by atoms with Gasteiger partial charge in [0.2, 0.25) is 5.91 Å². The van der Waals surface area contributed by atoms with Crippen LogP contribution < -0.4 is 10.6 Å². The molecule has 1 aliphatic heterocycles. The summed E-state index contributed by atoms with van der Waals surface area (Å²) in [5.41, 5.74) is 1.68. The Hall–Kier alpha value is -1.53. The molecular weight excluding hydrogens is 272 g/mol. The molecule has 20 heavy (non-hydrogen) atoms. The van der Waals surface area contributed by atoms with Gasteiger partial charge in [0.1, 0.15) is 0 Å². The molecule has 1 amide bonds. The maximum Gasteiger partial charge on any atom is 0.234 e. The summed E-state index contributed by atoms with van der Waals surface area (Å²) < 4.78 is 0. The number of carbonyl (C=O) groups excluding carboxylic acids is 1. The van der Waals surface area contributed by atoms with Crippen LogP contribution in [-0.2, 0) is 4.79 Å². The Morgan fingerprint density at radius 2 is 2.25 bits per heavy atom. The van der Waals surface area contributed by atoms with Gasteiger partial charge < -0.3 is 10.6 Å². The molecule has 0 unspecified atom stereocenters. The third-order valence-corrected chi connectivity index (χ3v) is 4.86. The SMILES string of the molecule is O=C(CSC1CCNCC1)Nc1cccc2cn[nH]c12. The predicted molar refractivity (Wildman–Crippen MR) is 83.1 cm³/mol. The number of amides is 1. The van der Waals surface area contributed by atoms with Gasteiger partial charge in [-0.2, -0.15) is 5.10 Å². The third-order valence-electron chi connectivity index (χ3n) is 3.49. The first-order valence-electron chi connectivity index (χ1n) is 6.87. The maximum atomic E-state index is 12.0. The lowest BCUT2D eigenvalue weighted by Gasteiger charge is -2.21. The van der Waals surface area contributed by atoms with Crippen LogP contribution in [-0.4, -0.2) is 40.2 Å². The number of thioether (sulfide) groups is 1. The highest BCUT2D eigenvalue weighted by Crippen LogP contribution is 2.22. The van der Waals surface area contributed by atoms with Crippen LogP contribution in [0.1, 0.15) is 12.8 Å². The minimum absolute atomic E-state index is 0.0515. The molecule has 0 bridgehead atoms. The summed E-state index contributed by atoms with van der Waals surface area (Å²) in [5, 5.41) is 14.8. The first-order valence-corrected chi connectivity index (χ1v) is 7.92. The number of benzene rings is 1. The number of aromatic nitrogens is 2. The fourth-order valence-electron chi connectivity index (χ4n) is 2.41. The van der Waals surface area contributed by atoms with Crippen molar-refractivity contribution in [1.29, 1.82) is 0 Å². The number of piperidine rings is 1. The second kappa shape index (κ2) is 6.28. The van der Waals surface area contributed by atoms with Crippen molar-refractivity contribution in [2.45, 2.75) is 18.1 Å². The number of aromatic amines is 1. The molecule has 1 fully saturated rings. The molecule has 2 heterocycles. The van der Waals surface area contributed by atoms with Gasteiger partial charge >= 0.3 is 0 Å². The molecule has 5 nitrogen and oxygen atoms in total. The smallest absolute Gasteiger partial charge is 0.234 e. The standard InChI is InChI=1S/C14H18N4OS/c19-13(9-20-11-4-6-15-7-5-11)17-12-3-1-2-10-8-16-18-14(10)12/h1-3,8,11,15H,4-7,9H2,(H,16,18)(H,17,19). The van der Waals surface area contributed by atoms with Crippen molar-refractivity contribution in [3.63, 3.8) is 0 Å². The molecule has 0 atom stereocenters. The van der Waals surface area contributed by atoms with Crippen LogP contribution in [0.3, 0.4) is 0 Å². The zero-order chi connectivity index (χ0) is 13.8. The summed E-state index contributed by atoms with van der Waals surface area (Å²) in [4.78, 5) is 12.0. The Morgan fingerprint density at radius 3 is 3.10 bits per heavy atom. The normalized spacial score (nSPS) is 16.4. The molecule has 0 aliphatic carbocycles. The summed E-state index contributed by atoms with van der Waals surface area (Å²) in [6.45, 7) is 2.12. The number of nitrogens with one attached hydrogen (secondary N) is 3. The molecule has 1 aliphatic rings. The van der Waals surface area contributed by atoms with E-state index in [-0.39, 0.29) is 5.91 Å². The quantitative estimate of drug-likeness (QED) is 0.805. The minimum atomic E-state index is 0.0515. The maximum absolute atomic E-state index is 12.0. The van der Waals surface area contributed by atoms with Gasteiger partial charge in [0.25, 0.3) is 0 Å². The zero-order valence-electron chi connectivity index (χ0n) is 11.2. The second-order valence-corrected chi connectivity index (χ2v) is 6.24. The Labute approximate surface area is 121 Å². The summed E-state index contributed by atoms with van der Waals surface area (Å²) in [6.07, 6.45) is 4.05. The molecule has 1 saturated heterocycles. The van der Waals surface area contributed by atoms with Gasteiger partial charge in [0.05, 0.1) is 23.2 Å². The number of H-pyrrole nitrogens is 1. The second-order valence-electron chi connectivity index (χ2n) is 4.95. The molecule has 3 rings (SSSR count). The van der Waals surface area contributed by atoms with Crippen LogP contribution in [0.4, 0.5) is 5.69 Å². The van der Waals surface area contributed by atoms with Gasteiger partial charge in [0, 0.05) is 10.6 Å². The van der Waals surface area contributed by atoms with Gasteiger partial charge in [-0.15, -0.1) is 11.8 Å². The zero-order valence-corrected chi connectivity index (χ0v) is 12.0. The molecule has 0 spiro atoms. The van der Waals surface area contributed by atoms with E-state index in [9.17, 15) is 4.79 Å². The Bertz CT molecular complexity index is 592. The lowest BCUT2D eigenvalue weighted by atomic mass is 10.2. The van der Waals surface area contributed by atoms with Crippen molar-refractivity contribution in [3.8, 4) is 0 Å². The summed E-state index contributed by atoms with van der Waals surface area (Å²) in [7, 11) is 0. The molecule has 0 radical (unpaired) electrons. The number of hydrogen-bond donors (Lipinski definition) is 3. The molecule has 3 N–H and O–H groups in total. The van der Waals surface area contributed by atoms with Crippen LogP contribution >= 0.6 is 11.8 Å². The number of fused-ring (bicyclic) bond motifs is 1. The number of anilines is 1. The number of nitrogens with zero attached hydrogens (tertiary/aromatic N) is 1. The van der Waals surface area contributed by atoms with Crippen molar-refractivity contribution >= 4 is 34.3 Å². The molecular formula is C14H18N4OS. The number of hydrogen-bond acceptors (Lipinski definition) is 4. The first kappa shape index (κ1) is 13.5. The molecule has 6 heteroatoms. The van der Waals surface area contributed by atoms with Gasteiger partial charge in [0.15, 0.2) is 0 Å². The average Bonchev–Trinajstić information content (AvgIpc) is 2.96. The lowest BCUT2D eigenvalue weighted by Crippen LogP contribution is -2.30. The van der Waals surface area contributed by atoms with Crippen molar-refractivity contribution in [2.75, 3.05) is 24.2 Å². The molecule has 106 valence electrons. The predicted octanol–water partition coefficient (Wildman–Crippen LogP) is 1.99. The van der Waals surface area contributed by atoms with Crippen LogP contribution in [0.25, 0.3) is 10.9 Å². The topological polar surface area (TPSA) is 69.8 Å². The van der Waals surface area contributed by atoms with E-state index in [1.165, 1.54) is 0 Å². The number of rotatable bonds is 4. The fourth-order valence-corrected chi connectivity index (χ4v) is 3.44. The van der Waals surface area contributed by atoms with E-state index in [0.717, 1.165) is 42.5 Å². The first-order chi connectivity index (χ1) is 9.83. The van der Waals surface area contributed by atoms with E-state index in [0.29, 0.717) is 11.0 Å². The van der Waals surface area contributed by atoms with Crippen LogP contribution in [0.5, 0.6) is 0 Å². The Balaban J connectivity index is 1.57. The average molecular weight is 290 g/mol. The molecule has 1 aromatic carbocycles. The monoisotopic (exact) mass is 290 g/mol. The van der Waals surface area contributed by atoms with E-state index >= 15 is 0 Å². The fraction of sp³-hybridized carbons (Fsp3) is 0.429. The summed E-state index contributed by atoms with van der Waals surface area (Å²) in [6, 6.07) is 5.79. The molecule has 2 aromatic rings. The highest BCUT2D eigenvalue weighted by atomic mass is 32.2. The van der Waals surface area contributed by atoms with E-state index in [2.05, 4.69) is 20.8 Å². The molecule has 1 aromatic heterocycles. The number of para-hydroxylation sites is 1. The molecule has 0 saturated carbocycles. The minimum Gasteiger partial charge on any atom is -0.323 e. The van der Waals surface area contributed by atoms with Gasteiger partial charge in [-0.3, -0.25) is 9.89 Å². The lowest BCUT2D eigenvalue weighted by molar-refractivity contribution is -0.113.